The molecular weight excluding hydrogens is 572 g/mol. The topological polar surface area (TPSA) is 20.5 Å². The van der Waals surface area contributed by atoms with Gasteiger partial charge in [0.15, 0.2) is 0 Å². The number of fused-ring (bicyclic) bond motifs is 2. The van der Waals surface area contributed by atoms with Crippen LogP contribution in [0.4, 0.5) is 0 Å². The Kier molecular flexibility index (Phi) is 9.39. The first kappa shape index (κ1) is 33.0. The van der Waals surface area contributed by atoms with Crippen molar-refractivity contribution in [2.75, 3.05) is 0 Å². The lowest BCUT2D eigenvalue weighted by molar-refractivity contribution is 0.290. The predicted molar refractivity (Wildman–Crippen MR) is 194 cm³/mol. The summed E-state index contributed by atoms with van der Waals surface area (Å²) in [7, 11) is 0. The first-order valence-corrected chi connectivity index (χ1v) is 16.9. The fourth-order valence-corrected chi connectivity index (χ4v) is 6.10. The van der Waals surface area contributed by atoms with Crippen molar-refractivity contribution in [3.8, 4) is 5.75 Å². The van der Waals surface area contributed by atoms with Crippen LogP contribution >= 0.6 is 11.6 Å². The van der Waals surface area contributed by atoms with Crippen LogP contribution in [0, 0.1) is 5.41 Å². The van der Waals surface area contributed by atoms with Crippen LogP contribution in [0.25, 0.3) is 22.6 Å². The largest absolute Gasteiger partial charge is 0.461 e. The molecule has 45 heavy (non-hydrogen) atoms. The number of hydrogen-bond donors (Lipinski definition) is 0. The zero-order valence-corrected chi connectivity index (χ0v) is 29.7. The summed E-state index contributed by atoms with van der Waals surface area (Å²) in [5.41, 5.74) is 9.17. The highest BCUT2D eigenvalue weighted by Crippen LogP contribution is 2.42. The second-order valence-corrected chi connectivity index (χ2v) is 15.7. The van der Waals surface area contributed by atoms with E-state index in [1.54, 1.807) is 0 Å². The molecule has 0 saturated heterocycles. The van der Waals surface area contributed by atoms with Crippen LogP contribution in [0.1, 0.15) is 128 Å². The third-order valence-electron chi connectivity index (χ3n) is 8.84. The van der Waals surface area contributed by atoms with E-state index in [0.717, 1.165) is 58.1 Å². The van der Waals surface area contributed by atoms with Crippen molar-refractivity contribution in [1.82, 2.24) is 0 Å². The molecule has 0 unspecified atom stereocenters. The Hall–Kier alpha value is -3.36. The Balaban J connectivity index is 1.55. The molecule has 2 nitrogen and oxygen atoms in total. The summed E-state index contributed by atoms with van der Waals surface area (Å²) in [4.78, 5) is 0. The van der Waals surface area contributed by atoms with Gasteiger partial charge in [0, 0.05) is 33.7 Å². The van der Waals surface area contributed by atoms with Crippen LogP contribution in [0.3, 0.4) is 0 Å². The summed E-state index contributed by atoms with van der Waals surface area (Å²) in [6.45, 7) is 22.1. The molecule has 1 aromatic heterocycles. The molecule has 2 heterocycles. The highest BCUT2D eigenvalue weighted by molar-refractivity contribution is 6.32. The second-order valence-electron chi connectivity index (χ2n) is 15.3. The van der Waals surface area contributed by atoms with E-state index in [1.807, 2.05) is 0 Å². The Morgan fingerprint density at radius 3 is 2.16 bits per heavy atom. The lowest BCUT2D eigenvalue weighted by atomic mass is 9.87. The standard InChI is InChI=1S/C42H50ClO2/c1-26(2)30-18-20-36-34(22-30)32(24-38(44-36)41(5,6)7)16-14-28-12-11-13-29(40(28)43)15-17-33-25-39(42(8,9)10)45-37-21-19-31(27(3)4)23-35(33)37/h14-27H,11-13H2,1-10H3/q+1. The van der Waals surface area contributed by atoms with Gasteiger partial charge in [0.25, 0.3) is 0 Å². The van der Waals surface area contributed by atoms with Crippen molar-refractivity contribution in [3.63, 3.8) is 0 Å². The van der Waals surface area contributed by atoms with E-state index in [4.69, 9.17) is 20.8 Å². The average Bonchev–Trinajstić information content (AvgIpc) is 2.97. The maximum Gasteiger partial charge on any atom is 0.360 e. The fourth-order valence-electron chi connectivity index (χ4n) is 5.78. The van der Waals surface area contributed by atoms with Crippen molar-refractivity contribution in [2.45, 2.75) is 106 Å². The number of hydrogen-bond acceptors (Lipinski definition) is 1. The molecule has 0 radical (unpaired) electrons. The third-order valence-corrected chi connectivity index (χ3v) is 9.32. The Labute approximate surface area is 276 Å². The summed E-state index contributed by atoms with van der Waals surface area (Å²) < 4.78 is 12.8. The first-order chi connectivity index (χ1) is 21.1. The molecule has 0 bridgehead atoms. The van der Waals surface area contributed by atoms with Crippen molar-refractivity contribution in [1.29, 1.82) is 0 Å². The zero-order chi connectivity index (χ0) is 32.7. The molecule has 0 saturated carbocycles. The van der Waals surface area contributed by atoms with Gasteiger partial charge in [-0.2, -0.15) is 0 Å². The number of halogens is 1. The van der Waals surface area contributed by atoms with Crippen LogP contribution < -0.4 is 4.74 Å². The van der Waals surface area contributed by atoms with Crippen LogP contribution in [0.2, 0.25) is 0 Å². The normalized spacial score (nSPS) is 18.0. The Morgan fingerprint density at radius 1 is 0.800 bits per heavy atom. The highest BCUT2D eigenvalue weighted by atomic mass is 35.5. The van der Waals surface area contributed by atoms with E-state index in [9.17, 15) is 0 Å². The second kappa shape index (κ2) is 12.8. The van der Waals surface area contributed by atoms with Gasteiger partial charge in [-0.05, 0) is 110 Å². The van der Waals surface area contributed by atoms with Gasteiger partial charge < -0.3 is 4.74 Å². The molecular formula is C42H50ClO2+. The molecule has 0 atom stereocenters. The van der Waals surface area contributed by atoms with Crippen LogP contribution in [0.15, 0.2) is 93.1 Å². The number of benzene rings is 2. The Morgan fingerprint density at radius 2 is 1.49 bits per heavy atom. The lowest BCUT2D eigenvalue weighted by Gasteiger charge is -2.29. The van der Waals surface area contributed by atoms with Gasteiger partial charge in [0.2, 0.25) is 0 Å². The lowest BCUT2D eigenvalue weighted by Crippen LogP contribution is -2.18. The van der Waals surface area contributed by atoms with Gasteiger partial charge in [-0.25, -0.2) is 4.42 Å². The molecule has 2 aliphatic rings. The minimum atomic E-state index is -0.0985. The summed E-state index contributed by atoms with van der Waals surface area (Å²) in [5.74, 6) is 3.76. The third kappa shape index (κ3) is 7.39. The SMILES string of the molecule is CC(C)c1ccc2c(c1)/C(=C/C=C1\CCCC(/C=C/c3cc(C(C)(C)C)[o+]c4ccc(C(C)C)cc34)=C1Cl)C=C(C(C)(C)C)O2. The maximum atomic E-state index is 7.16. The van der Waals surface area contributed by atoms with Crippen molar-refractivity contribution < 1.29 is 9.15 Å². The van der Waals surface area contributed by atoms with Gasteiger partial charge in [0.1, 0.15) is 11.5 Å². The maximum absolute atomic E-state index is 7.16. The summed E-state index contributed by atoms with van der Waals surface area (Å²) in [6, 6.07) is 15.4. The van der Waals surface area contributed by atoms with Crippen molar-refractivity contribution in [3.05, 3.63) is 117 Å². The molecule has 1 aliphatic heterocycles. The monoisotopic (exact) mass is 621 g/mol. The van der Waals surface area contributed by atoms with Crippen LogP contribution in [-0.4, -0.2) is 0 Å². The van der Waals surface area contributed by atoms with Gasteiger partial charge in [-0.1, -0.05) is 90.4 Å². The first-order valence-electron chi connectivity index (χ1n) is 16.6. The molecule has 0 fully saturated rings. The number of ether oxygens (including phenoxy) is 1. The van der Waals surface area contributed by atoms with E-state index in [0.29, 0.717) is 11.8 Å². The molecule has 0 N–H and O–H groups in total. The van der Waals surface area contributed by atoms with Crippen LogP contribution in [-0.2, 0) is 5.41 Å². The smallest absolute Gasteiger partial charge is 0.360 e. The van der Waals surface area contributed by atoms with E-state index < -0.39 is 0 Å². The quantitative estimate of drug-likeness (QED) is 0.264. The van der Waals surface area contributed by atoms with E-state index in [2.05, 4.69) is 142 Å². The van der Waals surface area contributed by atoms with E-state index in [-0.39, 0.29) is 10.8 Å². The summed E-state index contributed by atoms with van der Waals surface area (Å²) >= 11 is 7.16. The van der Waals surface area contributed by atoms with Gasteiger partial charge in [-0.3, -0.25) is 0 Å². The molecule has 1 aliphatic carbocycles. The highest BCUT2D eigenvalue weighted by Gasteiger charge is 2.29. The minimum absolute atomic E-state index is 0.0985. The Bertz CT molecular complexity index is 1760. The molecule has 5 rings (SSSR count). The van der Waals surface area contributed by atoms with E-state index in [1.165, 1.54) is 33.4 Å². The molecule has 3 heteroatoms. The molecule has 0 amide bonds. The fraction of sp³-hybridized carbons (Fsp3) is 0.405. The van der Waals surface area contributed by atoms with Crippen molar-refractivity contribution in [2.24, 2.45) is 5.41 Å². The van der Waals surface area contributed by atoms with E-state index >= 15 is 0 Å². The molecule has 3 aromatic rings. The average molecular weight is 622 g/mol. The molecule has 2 aromatic carbocycles. The van der Waals surface area contributed by atoms with Gasteiger partial charge in [-0.15, -0.1) is 0 Å². The number of rotatable bonds is 5. The minimum Gasteiger partial charge on any atom is -0.461 e. The molecule has 236 valence electrons. The zero-order valence-electron chi connectivity index (χ0n) is 28.9. The predicted octanol–water partition coefficient (Wildman–Crippen LogP) is 13.3. The summed E-state index contributed by atoms with van der Waals surface area (Å²) in [6.07, 6.45) is 14.1. The number of allylic oxidation sites excluding steroid dienone is 9. The van der Waals surface area contributed by atoms with Crippen molar-refractivity contribution >= 4 is 34.2 Å². The van der Waals surface area contributed by atoms with Crippen LogP contribution in [0.5, 0.6) is 5.75 Å². The molecule has 0 spiro atoms. The summed E-state index contributed by atoms with van der Waals surface area (Å²) in [5, 5.41) is 2.00. The van der Waals surface area contributed by atoms with Gasteiger partial charge in [0.05, 0.1) is 10.8 Å². The van der Waals surface area contributed by atoms with Gasteiger partial charge >= 0.3 is 11.3 Å².